The van der Waals surface area contributed by atoms with Crippen LogP contribution in [-0.4, -0.2) is 24.0 Å². The molecule has 0 amide bonds. The fourth-order valence-corrected chi connectivity index (χ4v) is 1.45. The lowest BCUT2D eigenvalue weighted by atomic mass is 9.87. The molecule has 0 spiro atoms. The van der Waals surface area contributed by atoms with Crippen molar-refractivity contribution in [2.24, 2.45) is 5.41 Å². The molecular weight excluding hydrogens is 174 g/mol. The quantitative estimate of drug-likeness (QED) is 0.672. The van der Waals surface area contributed by atoms with E-state index >= 15 is 0 Å². The first-order chi connectivity index (χ1) is 6.50. The Balaban J connectivity index is 4.46. The number of hydrogen-bond donors (Lipinski definition) is 0. The molecule has 0 aromatic heterocycles. The zero-order chi connectivity index (χ0) is 11.2. The first kappa shape index (κ1) is 12.9. The van der Waals surface area contributed by atoms with Crippen LogP contribution in [0, 0.1) is 28.1 Å². The van der Waals surface area contributed by atoms with Crippen molar-refractivity contribution in [2.75, 3.05) is 13.1 Å². The van der Waals surface area contributed by atoms with Gasteiger partial charge in [-0.05, 0) is 33.4 Å². The van der Waals surface area contributed by atoms with Gasteiger partial charge in [0.05, 0.1) is 23.6 Å². The van der Waals surface area contributed by atoms with E-state index in [1.54, 1.807) is 0 Å². The number of hydrogen-bond acceptors (Lipinski definition) is 3. The second-order valence-corrected chi connectivity index (χ2v) is 4.07. The van der Waals surface area contributed by atoms with Crippen molar-refractivity contribution in [3.63, 3.8) is 0 Å². The standard InChI is InChI=1S/C11H19N3/c1-5-14(6-2)10(8-12)7-11(3,4)9-13/h10H,5-7H2,1-4H3. The zero-order valence-electron chi connectivity index (χ0n) is 9.54. The van der Waals surface area contributed by atoms with Gasteiger partial charge in [0.25, 0.3) is 0 Å². The maximum absolute atomic E-state index is 9.02. The van der Waals surface area contributed by atoms with Gasteiger partial charge in [-0.1, -0.05) is 13.8 Å². The fraction of sp³-hybridized carbons (Fsp3) is 0.818. The van der Waals surface area contributed by atoms with Crippen molar-refractivity contribution >= 4 is 0 Å². The Morgan fingerprint density at radius 2 is 1.71 bits per heavy atom. The van der Waals surface area contributed by atoms with Crippen molar-refractivity contribution in [3.05, 3.63) is 0 Å². The van der Waals surface area contributed by atoms with Crippen LogP contribution in [0.2, 0.25) is 0 Å². The van der Waals surface area contributed by atoms with E-state index in [0.29, 0.717) is 6.42 Å². The van der Waals surface area contributed by atoms with Gasteiger partial charge < -0.3 is 0 Å². The topological polar surface area (TPSA) is 50.8 Å². The predicted octanol–water partition coefficient (Wildman–Crippen LogP) is 2.16. The summed E-state index contributed by atoms with van der Waals surface area (Å²) in [4.78, 5) is 2.08. The normalized spacial score (nSPS) is 13.4. The van der Waals surface area contributed by atoms with Crippen molar-refractivity contribution in [2.45, 2.75) is 40.2 Å². The molecule has 0 aliphatic rings. The highest BCUT2D eigenvalue weighted by Crippen LogP contribution is 2.23. The van der Waals surface area contributed by atoms with E-state index in [1.165, 1.54) is 0 Å². The monoisotopic (exact) mass is 193 g/mol. The van der Waals surface area contributed by atoms with Crippen LogP contribution in [0.3, 0.4) is 0 Å². The number of rotatable bonds is 5. The van der Waals surface area contributed by atoms with Gasteiger partial charge in [0.1, 0.15) is 0 Å². The Labute approximate surface area is 86.9 Å². The summed E-state index contributed by atoms with van der Waals surface area (Å²) in [7, 11) is 0. The maximum atomic E-state index is 9.02. The van der Waals surface area contributed by atoms with Crippen molar-refractivity contribution in [3.8, 4) is 12.1 Å². The van der Waals surface area contributed by atoms with E-state index in [4.69, 9.17) is 10.5 Å². The Bertz CT molecular complexity index is 240. The minimum Gasteiger partial charge on any atom is -0.289 e. The first-order valence-corrected chi connectivity index (χ1v) is 5.05. The summed E-state index contributed by atoms with van der Waals surface area (Å²) in [6, 6.07) is 4.36. The summed E-state index contributed by atoms with van der Waals surface area (Å²) < 4.78 is 0. The van der Waals surface area contributed by atoms with Gasteiger partial charge in [-0.25, -0.2) is 0 Å². The van der Waals surface area contributed by atoms with E-state index in [-0.39, 0.29) is 6.04 Å². The van der Waals surface area contributed by atoms with E-state index in [0.717, 1.165) is 13.1 Å². The third kappa shape index (κ3) is 3.77. The summed E-state index contributed by atoms with van der Waals surface area (Å²) in [5, 5.41) is 17.9. The highest BCUT2D eigenvalue weighted by molar-refractivity contribution is 5.01. The number of nitriles is 2. The summed E-state index contributed by atoms with van der Waals surface area (Å²) >= 11 is 0. The first-order valence-electron chi connectivity index (χ1n) is 5.05. The molecule has 0 rings (SSSR count). The van der Waals surface area contributed by atoms with Gasteiger partial charge in [-0.3, -0.25) is 4.90 Å². The van der Waals surface area contributed by atoms with E-state index < -0.39 is 5.41 Å². The fourth-order valence-electron chi connectivity index (χ4n) is 1.45. The molecule has 1 unspecified atom stereocenters. The van der Waals surface area contributed by atoms with Gasteiger partial charge in [0, 0.05) is 0 Å². The molecule has 0 aliphatic carbocycles. The Morgan fingerprint density at radius 3 is 2.00 bits per heavy atom. The molecule has 0 N–H and O–H groups in total. The van der Waals surface area contributed by atoms with Crippen LogP contribution >= 0.6 is 0 Å². The predicted molar refractivity (Wildman–Crippen MR) is 56.3 cm³/mol. The molecule has 3 heteroatoms. The molecule has 0 radical (unpaired) electrons. The Hall–Kier alpha value is -1.06. The van der Waals surface area contributed by atoms with Crippen LogP contribution in [0.25, 0.3) is 0 Å². The van der Waals surface area contributed by atoms with E-state index in [1.807, 2.05) is 27.7 Å². The molecule has 0 saturated carbocycles. The Morgan fingerprint density at radius 1 is 1.21 bits per heavy atom. The number of nitrogens with zero attached hydrogens (tertiary/aromatic N) is 3. The molecule has 0 fully saturated rings. The molecule has 0 heterocycles. The van der Waals surface area contributed by atoms with Gasteiger partial charge in [0.15, 0.2) is 0 Å². The molecule has 78 valence electrons. The summed E-state index contributed by atoms with van der Waals surface area (Å²) in [6.07, 6.45) is 0.613. The zero-order valence-corrected chi connectivity index (χ0v) is 9.54. The molecule has 1 atom stereocenters. The summed E-state index contributed by atoms with van der Waals surface area (Å²) in [6.45, 7) is 9.54. The molecule has 0 saturated heterocycles. The minimum atomic E-state index is -0.414. The second-order valence-electron chi connectivity index (χ2n) is 4.07. The van der Waals surface area contributed by atoms with Crippen LogP contribution in [0.15, 0.2) is 0 Å². The summed E-state index contributed by atoms with van der Waals surface area (Å²) in [5.41, 5.74) is -0.414. The SMILES string of the molecule is CCN(CC)C(C#N)CC(C)(C)C#N. The van der Waals surface area contributed by atoms with Crippen LogP contribution in [0.4, 0.5) is 0 Å². The largest absolute Gasteiger partial charge is 0.289 e. The van der Waals surface area contributed by atoms with Crippen molar-refractivity contribution < 1.29 is 0 Å². The second kappa shape index (κ2) is 5.62. The lowest BCUT2D eigenvalue weighted by Gasteiger charge is -2.28. The van der Waals surface area contributed by atoms with Crippen LogP contribution in [0.1, 0.15) is 34.1 Å². The van der Waals surface area contributed by atoms with Gasteiger partial charge >= 0.3 is 0 Å². The summed E-state index contributed by atoms with van der Waals surface area (Å²) in [5.74, 6) is 0. The molecule has 3 nitrogen and oxygen atoms in total. The van der Waals surface area contributed by atoms with Crippen LogP contribution in [-0.2, 0) is 0 Å². The van der Waals surface area contributed by atoms with Crippen molar-refractivity contribution in [1.29, 1.82) is 10.5 Å². The van der Waals surface area contributed by atoms with Crippen LogP contribution < -0.4 is 0 Å². The van der Waals surface area contributed by atoms with E-state index in [2.05, 4.69) is 17.0 Å². The van der Waals surface area contributed by atoms with E-state index in [9.17, 15) is 0 Å². The molecule has 0 aromatic rings. The molecule has 0 bridgehead atoms. The average Bonchev–Trinajstić information content (AvgIpc) is 2.18. The smallest absolute Gasteiger partial charge is 0.0992 e. The molecule has 0 aliphatic heterocycles. The van der Waals surface area contributed by atoms with Crippen LogP contribution in [0.5, 0.6) is 0 Å². The highest BCUT2D eigenvalue weighted by atomic mass is 15.1. The third-order valence-corrected chi connectivity index (χ3v) is 2.41. The molecule has 14 heavy (non-hydrogen) atoms. The highest BCUT2D eigenvalue weighted by Gasteiger charge is 2.25. The lowest BCUT2D eigenvalue weighted by Crippen LogP contribution is -2.36. The lowest BCUT2D eigenvalue weighted by molar-refractivity contribution is 0.215. The minimum absolute atomic E-state index is 0.139. The molecular formula is C11H19N3. The van der Waals surface area contributed by atoms with Crippen molar-refractivity contribution in [1.82, 2.24) is 4.90 Å². The average molecular weight is 193 g/mol. The third-order valence-electron chi connectivity index (χ3n) is 2.41. The van der Waals surface area contributed by atoms with Gasteiger partial charge in [0.2, 0.25) is 0 Å². The van der Waals surface area contributed by atoms with Gasteiger partial charge in [-0.2, -0.15) is 10.5 Å². The molecule has 0 aromatic carbocycles. The maximum Gasteiger partial charge on any atom is 0.0992 e. The Kier molecular flexibility index (Phi) is 5.20. The van der Waals surface area contributed by atoms with Gasteiger partial charge in [-0.15, -0.1) is 0 Å².